The van der Waals surface area contributed by atoms with Gasteiger partial charge in [-0.15, -0.1) is 0 Å². The van der Waals surface area contributed by atoms with Crippen LogP contribution in [0.25, 0.3) is 10.9 Å². The maximum atomic E-state index is 10.1. The molecule has 0 unspecified atom stereocenters. The fourth-order valence-electron chi connectivity index (χ4n) is 6.02. The molecule has 0 spiro atoms. The first kappa shape index (κ1) is 13.8. The summed E-state index contributed by atoms with van der Waals surface area (Å²) in [5.41, 5.74) is 5.84. The number of aromatic amines is 1. The van der Waals surface area contributed by atoms with Gasteiger partial charge in [-0.05, 0) is 24.1 Å². The molecule has 4 aliphatic heterocycles. The Kier molecular flexibility index (Phi) is 2.70. The van der Waals surface area contributed by atoms with Crippen molar-refractivity contribution >= 4 is 10.9 Å². The molecule has 3 fully saturated rings. The van der Waals surface area contributed by atoms with Gasteiger partial charge in [0.15, 0.2) is 0 Å². The number of para-hydroxylation sites is 1. The lowest BCUT2D eigenvalue weighted by atomic mass is 9.62. The van der Waals surface area contributed by atoms with Crippen LogP contribution in [0, 0.1) is 11.8 Å². The van der Waals surface area contributed by atoms with Crippen LogP contribution in [-0.2, 0) is 6.42 Å². The number of benzene rings is 1. The highest BCUT2D eigenvalue weighted by molar-refractivity contribution is 5.85. The van der Waals surface area contributed by atoms with Crippen molar-refractivity contribution in [3.8, 4) is 0 Å². The van der Waals surface area contributed by atoms with Crippen molar-refractivity contribution in [2.45, 2.75) is 31.8 Å². The first-order valence-electron chi connectivity index (χ1n) is 8.87. The van der Waals surface area contributed by atoms with E-state index >= 15 is 0 Å². The van der Waals surface area contributed by atoms with Gasteiger partial charge in [0.1, 0.15) is 12.6 Å². The van der Waals surface area contributed by atoms with Gasteiger partial charge in [-0.1, -0.05) is 24.3 Å². The highest BCUT2D eigenvalue weighted by Crippen LogP contribution is 2.57. The van der Waals surface area contributed by atoms with Gasteiger partial charge in [0.05, 0.1) is 25.4 Å². The molecule has 0 saturated carbocycles. The van der Waals surface area contributed by atoms with E-state index in [1.54, 1.807) is 5.57 Å². The largest absolute Gasteiger partial charge is 0.396 e. The molecule has 0 amide bonds. The molecule has 2 N–H and O–H groups in total. The second-order valence-electron chi connectivity index (χ2n) is 7.91. The number of hydrogen-bond acceptors (Lipinski definition) is 1. The fraction of sp³-hybridized carbons (Fsp3) is 0.500. The number of allylic oxidation sites excluding steroid dienone is 1. The summed E-state index contributed by atoms with van der Waals surface area (Å²) in [6, 6.07) is 9.84. The van der Waals surface area contributed by atoms with Crippen molar-refractivity contribution in [2.24, 2.45) is 11.8 Å². The van der Waals surface area contributed by atoms with Crippen molar-refractivity contribution < 1.29 is 9.59 Å². The number of H-pyrrole nitrogens is 1. The Morgan fingerprint density at radius 2 is 2.17 bits per heavy atom. The van der Waals surface area contributed by atoms with Crippen LogP contribution in [0.5, 0.6) is 0 Å². The van der Waals surface area contributed by atoms with Gasteiger partial charge in [-0.25, -0.2) is 0 Å². The molecule has 0 aliphatic carbocycles. The van der Waals surface area contributed by atoms with Crippen molar-refractivity contribution in [1.29, 1.82) is 0 Å². The monoisotopic (exact) mass is 309 g/mol. The molecule has 3 heteroatoms. The summed E-state index contributed by atoms with van der Waals surface area (Å²) < 4.78 is 1.08. The van der Waals surface area contributed by atoms with Crippen molar-refractivity contribution in [2.75, 3.05) is 20.2 Å². The quantitative estimate of drug-likeness (QED) is 0.616. The number of rotatable bonds is 1. The summed E-state index contributed by atoms with van der Waals surface area (Å²) >= 11 is 0. The van der Waals surface area contributed by atoms with Gasteiger partial charge >= 0.3 is 0 Å². The van der Waals surface area contributed by atoms with Gasteiger partial charge in [0.2, 0.25) is 0 Å². The van der Waals surface area contributed by atoms with Gasteiger partial charge in [0.25, 0.3) is 0 Å². The van der Waals surface area contributed by atoms with E-state index in [0.717, 1.165) is 17.4 Å². The van der Waals surface area contributed by atoms with Crippen LogP contribution in [0.15, 0.2) is 35.9 Å². The normalized spacial score (nSPS) is 39.9. The minimum Gasteiger partial charge on any atom is -0.396 e. The number of likely N-dealkylation sites (N-methyl/N-ethyl adjacent to an activating group) is 1. The Balaban J connectivity index is 1.73. The summed E-state index contributed by atoms with van der Waals surface area (Å²) in [7, 11) is 2.42. The molecular formula is C20H25N2O+. The number of piperidine rings is 3. The molecule has 1 aromatic heterocycles. The molecule has 23 heavy (non-hydrogen) atoms. The average molecular weight is 309 g/mol. The molecule has 3 nitrogen and oxygen atoms in total. The number of nitrogens with zero attached hydrogens (tertiary/aromatic N) is 1. The van der Waals surface area contributed by atoms with Crippen molar-refractivity contribution in [1.82, 2.24) is 4.98 Å². The highest BCUT2D eigenvalue weighted by atomic mass is 16.3. The van der Waals surface area contributed by atoms with Gasteiger partial charge < -0.3 is 14.6 Å². The van der Waals surface area contributed by atoms with Crippen LogP contribution in [0.3, 0.4) is 0 Å². The number of hydrogen-bond donors (Lipinski definition) is 2. The first-order valence-corrected chi connectivity index (χ1v) is 8.87. The summed E-state index contributed by atoms with van der Waals surface area (Å²) in [5, 5.41) is 11.5. The van der Waals surface area contributed by atoms with E-state index in [2.05, 4.69) is 49.3 Å². The van der Waals surface area contributed by atoms with E-state index in [0.29, 0.717) is 30.5 Å². The summed E-state index contributed by atoms with van der Waals surface area (Å²) in [6.45, 7) is 3.65. The molecule has 4 bridgehead atoms. The topological polar surface area (TPSA) is 36.0 Å². The standard InChI is InChI=1S/C20H25N2O/c1-3-12-10-22(2)18-9-15-13-6-4-5-7-17(13)21-20(15)19(22)8-14(12)16(18)11-23/h3-7,14,16,18-19,21,23H,8-11H2,1-2H3/q+1/b12-3-/t14-,16+,18+,19+,22+/m1/s1. The number of fused-ring (bicyclic) bond motifs is 4. The lowest BCUT2D eigenvalue weighted by Gasteiger charge is -2.62. The number of aliphatic hydroxyl groups excluding tert-OH is 1. The minimum absolute atomic E-state index is 0.324. The third-order valence-corrected chi connectivity index (χ3v) is 7.13. The maximum Gasteiger partial charge on any atom is 0.131 e. The molecule has 0 radical (unpaired) electrons. The maximum absolute atomic E-state index is 10.1. The predicted octanol–water partition coefficient (Wildman–Crippen LogP) is 3.17. The summed E-state index contributed by atoms with van der Waals surface area (Å²) in [6.07, 6.45) is 4.59. The van der Waals surface area contributed by atoms with Crippen LogP contribution in [0.4, 0.5) is 0 Å². The lowest BCUT2D eigenvalue weighted by Crippen LogP contribution is -2.70. The predicted molar refractivity (Wildman–Crippen MR) is 92.0 cm³/mol. The van der Waals surface area contributed by atoms with Gasteiger partial charge in [-0.2, -0.15) is 0 Å². The van der Waals surface area contributed by atoms with E-state index in [1.165, 1.54) is 28.6 Å². The van der Waals surface area contributed by atoms with Crippen molar-refractivity contribution in [3.63, 3.8) is 0 Å². The fourth-order valence-corrected chi connectivity index (χ4v) is 6.02. The Bertz CT molecular complexity index is 820. The third kappa shape index (κ3) is 1.57. The zero-order valence-corrected chi connectivity index (χ0v) is 13.9. The van der Waals surface area contributed by atoms with Gasteiger partial charge in [0, 0.05) is 35.6 Å². The third-order valence-electron chi connectivity index (χ3n) is 7.13. The van der Waals surface area contributed by atoms with E-state index in [4.69, 9.17) is 0 Å². The van der Waals surface area contributed by atoms with Crippen LogP contribution in [-0.4, -0.2) is 40.8 Å². The minimum atomic E-state index is 0.324. The number of nitrogens with one attached hydrogen (secondary N) is 1. The molecule has 120 valence electrons. The van der Waals surface area contributed by atoms with Crippen LogP contribution in [0.1, 0.15) is 30.6 Å². The highest BCUT2D eigenvalue weighted by Gasteiger charge is 2.61. The molecular weight excluding hydrogens is 284 g/mol. The molecule has 5 atom stereocenters. The van der Waals surface area contributed by atoms with E-state index in [1.807, 2.05) is 0 Å². The van der Waals surface area contributed by atoms with Gasteiger partial charge in [-0.3, -0.25) is 0 Å². The van der Waals surface area contributed by atoms with Crippen LogP contribution in [0.2, 0.25) is 0 Å². The Labute approximate surface area is 137 Å². The Morgan fingerprint density at radius 3 is 2.96 bits per heavy atom. The van der Waals surface area contributed by atoms with Crippen LogP contribution < -0.4 is 0 Å². The Hall–Kier alpha value is -1.58. The molecule has 5 heterocycles. The second kappa shape index (κ2) is 4.49. The SMILES string of the molecule is C/C=C1/C[N@+]2(C)[C@H]3C[C@H]1[C@H](CO)[C@@H]2Cc1c3[nH]c2ccccc12. The molecule has 1 aromatic carbocycles. The smallest absolute Gasteiger partial charge is 0.131 e. The van der Waals surface area contributed by atoms with Crippen LogP contribution >= 0.6 is 0 Å². The molecule has 2 aromatic rings. The molecule has 4 aliphatic rings. The number of aliphatic hydroxyl groups is 1. The number of quaternary nitrogens is 1. The zero-order valence-electron chi connectivity index (χ0n) is 13.9. The lowest BCUT2D eigenvalue weighted by molar-refractivity contribution is -0.978. The molecule has 3 saturated heterocycles. The van der Waals surface area contributed by atoms with E-state index in [9.17, 15) is 5.11 Å². The second-order valence-corrected chi connectivity index (χ2v) is 7.91. The summed E-state index contributed by atoms with van der Waals surface area (Å²) in [5.74, 6) is 0.984. The molecule has 6 rings (SSSR count). The number of aromatic nitrogens is 1. The first-order chi connectivity index (χ1) is 11.2. The van der Waals surface area contributed by atoms with Crippen molar-refractivity contribution in [3.05, 3.63) is 47.2 Å². The Morgan fingerprint density at radius 1 is 1.35 bits per heavy atom. The van der Waals surface area contributed by atoms with E-state index in [-0.39, 0.29) is 0 Å². The zero-order chi connectivity index (χ0) is 15.8. The average Bonchev–Trinajstić information content (AvgIpc) is 2.92. The summed E-state index contributed by atoms with van der Waals surface area (Å²) in [4.78, 5) is 3.75. The van der Waals surface area contributed by atoms with E-state index < -0.39 is 0 Å².